The summed E-state index contributed by atoms with van der Waals surface area (Å²) in [6.07, 6.45) is 1.92. The Morgan fingerprint density at radius 1 is 1.14 bits per heavy atom. The maximum atomic E-state index is 12.8. The number of nitro benzene ring substituents is 1. The molecule has 2 aromatic carbocycles. The predicted octanol–water partition coefficient (Wildman–Crippen LogP) is 4.99. The Hall–Kier alpha value is -3.36. The van der Waals surface area contributed by atoms with E-state index < -0.39 is 10.8 Å². The van der Waals surface area contributed by atoms with Gasteiger partial charge >= 0.3 is 0 Å². The van der Waals surface area contributed by atoms with Crippen LogP contribution in [0.2, 0.25) is 5.02 Å². The van der Waals surface area contributed by atoms with Crippen LogP contribution in [0.3, 0.4) is 0 Å². The number of hydrogen-bond acceptors (Lipinski definition) is 6. The van der Waals surface area contributed by atoms with Crippen molar-refractivity contribution in [2.24, 2.45) is 0 Å². The minimum atomic E-state index is -0.473. The molecular weight excluding hydrogens is 490 g/mol. The van der Waals surface area contributed by atoms with Crippen LogP contribution >= 0.6 is 11.6 Å². The molecule has 3 rings (SSSR count). The van der Waals surface area contributed by atoms with Gasteiger partial charge in [0, 0.05) is 51.0 Å². The summed E-state index contributed by atoms with van der Waals surface area (Å²) in [6.45, 7) is 13.8. The van der Waals surface area contributed by atoms with Gasteiger partial charge in [-0.2, -0.15) is 0 Å². The molecular formula is C28H36ClN5O3. The number of piperazine rings is 1. The molecule has 37 heavy (non-hydrogen) atoms. The minimum absolute atomic E-state index is 0.0768. The average Bonchev–Trinajstić information content (AvgIpc) is 2.83. The SMILES string of the molecule is C=C(/C=C(\C)CN(C)C)CNC(=O)c1cc([N+](=O)[O-])c(N2CCN(c3cc(C)ccc3C)CC2)cc1Cl. The lowest BCUT2D eigenvalue weighted by Gasteiger charge is -2.38. The number of likely N-dealkylation sites (N-methyl/N-ethyl adjacent to an activating group) is 1. The summed E-state index contributed by atoms with van der Waals surface area (Å²) in [5, 5.41) is 14.9. The van der Waals surface area contributed by atoms with Crippen molar-refractivity contribution in [3.05, 3.63) is 86.0 Å². The van der Waals surface area contributed by atoms with Gasteiger partial charge in [0.25, 0.3) is 11.6 Å². The van der Waals surface area contributed by atoms with E-state index in [4.69, 9.17) is 11.6 Å². The molecule has 0 radical (unpaired) electrons. The highest BCUT2D eigenvalue weighted by atomic mass is 35.5. The van der Waals surface area contributed by atoms with Crippen LogP contribution in [0.5, 0.6) is 0 Å². The van der Waals surface area contributed by atoms with Gasteiger partial charge in [-0.3, -0.25) is 14.9 Å². The summed E-state index contributed by atoms with van der Waals surface area (Å²) in [5.74, 6) is -0.473. The molecule has 198 valence electrons. The second-order valence-corrected chi connectivity index (χ2v) is 10.3. The number of amides is 1. The number of halogens is 1. The van der Waals surface area contributed by atoms with Crippen LogP contribution in [0.25, 0.3) is 0 Å². The zero-order valence-corrected chi connectivity index (χ0v) is 23.1. The van der Waals surface area contributed by atoms with Crippen molar-refractivity contribution in [1.29, 1.82) is 0 Å². The fourth-order valence-electron chi connectivity index (χ4n) is 4.61. The zero-order chi connectivity index (χ0) is 27.3. The lowest BCUT2D eigenvalue weighted by molar-refractivity contribution is -0.384. The third-order valence-corrected chi connectivity index (χ3v) is 6.64. The van der Waals surface area contributed by atoms with Crippen LogP contribution in [0.1, 0.15) is 28.4 Å². The van der Waals surface area contributed by atoms with E-state index >= 15 is 0 Å². The van der Waals surface area contributed by atoms with E-state index in [1.807, 2.05) is 36.9 Å². The number of nitro groups is 1. The van der Waals surface area contributed by atoms with Gasteiger partial charge in [0.2, 0.25) is 0 Å². The van der Waals surface area contributed by atoms with Gasteiger partial charge in [0.05, 0.1) is 15.5 Å². The van der Waals surface area contributed by atoms with Gasteiger partial charge in [-0.25, -0.2) is 0 Å². The molecule has 0 aromatic heterocycles. The molecule has 0 saturated carbocycles. The highest BCUT2D eigenvalue weighted by Gasteiger charge is 2.27. The first-order chi connectivity index (χ1) is 17.5. The topological polar surface area (TPSA) is 82.0 Å². The average molecular weight is 526 g/mol. The van der Waals surface area contributed by atoms with Crippen molar-refractivity contribution in [3.8, 4) is 0 Å². The Morgan fingerprint density at radius 3 is 2.35 bits per heavy atom. The molecule has 1 fully saturated rings. The van der Waals surface area contributed by atoms with Crippen molar-refractivity contribution in [2.45, 2.75) is 20.8 Å². The second kappa shape index (κ2) is 12.3. The molecule has 1 aliphatic heterocycles. The van der Waals surface area contributed by atoms with Crippen molar-refractivity contribution in [2.75, 3.05) is 63.2 Å². The summed E-state index contributed by atoms with van der Waals surface area (Å²) >= 11 is 6.48. The first-order valence-corrected chi connectivity index (χ1v) is 12.7. The Kier molecular flexibility index (Phi) is 9.34. The first kappa shape index (κ1) is 28.2. The Bertz CT molecular complexity index is 1220. The number of hydrogen-bond donors (Lipinski definition) is 1. The number of benzene rings is 2. The van der Waals surface area contributed by atoms with Gasteiger partial charge in [-0.1, -0.05) is 42.0 Å². The van der Waals surface area contributed by atoms with Gasteiger partial charge in [-0.05, 0) is 63.7 Å². The van der Waals surface area contributed by atoms with E-state index in [1.165, 1.54) is 28.9 Å². The van der Waals surface area contributed by atoms with Crippen molar-refractivity contribution < 1.29 is 9.72 Å². The van der Waals surface area contributed by atoms with Gasteiger partial charge < -0.3 is 20.0 Å². The number of rotatable bonds is 9. The highest BCUT2D eigenvalue weighted by molar-refractivity contribution is 6.34. The summed E-state index contributed by atoms with van der Waals surface area (Å²) in [6, 6.07) is 9.20. The predicted molar refractivity (Wildman–Crippen MR) is 152 cm³/mol. The summed E-state index contributed by atoms with van der Waals surface area (Å²) in [4.78, 5) is 30.7. The van der Waals surface area contributed by atoms with Crippen molar-refractivity contribution >= 4 is 34.6 Å². The second-order valence-electron chi connectivity index (χ2n) is 9.91. The van der Waals surface area contributed by atoms with Crippen LogP contribution in [0.15, 0.2) is 54.1 Å². The fraction of sp³-hybridized carbons (Fsp3) is 0.393. The van der Waals surface area contributed by atoms with Crippen LogP contribution < -0.4 is 15.1 Å². The van der Waals surface area contributed by atoms with Crippen molar-refractivity contribution in [1.82, 2.24) is 10.2 Å². The quantitative estimate of drug-likeness (QED) is 0.282. The number of nitrogens with zero attached hydrogens (tertiary/aromatic N) is 4. The standard InChI is InChI=1S/C28H36ClN5O3/c1-19-7-8-22(4)25(14-19)32-9-11-33(12-10-32)26-16-24(29)23(15-27(26)34(36)37)28(35)30-17-20(2)13-21(3)18-31(5)6/h7-8,13-16H,2,9-12,17-18H2,1,3-6H3,(H,30,35)/b21-13+. The van der Waals surface area contributed by atoms with E-state index in [2.05, 4.69) is 48.8 Å². The number of anilines is 2. The molecule has 1 heterocycles. The van der Waals surface area contributed by atoms with E-state index in [-0.39, 0.29) is 22.8 Å². The smallest absolute Gasteiger partial charge is 0.293 e. The molecule has 1 saturated heterocycles. The third-order valence-electron chi connectivity index (χ3n) is 6.32. The molecule has 1 N–H and O–H groups in total. The molecule has 2 aromatic rings. The maximum Gasteiger partial charge on any atom is 0.293 e. The lowest BCUT2D eigenvalue weighted by Crippen LogP contribution is -2.47. The van der Waals surface area contributed by atoms with Crippen LogP contribution in [-0.4, -0.2) is 69.1 Å². The normalized spacial score (nSPS) is 14.2. The molecule has 0 aliphatic carbocycles. The number of nitrogens with one attached hydrogen (secondary N) is 1. The van der Waals surface area contributed by atoms with Crippen LogP contribution in [0, 0.1) is 24.0 Å². The Morgan fingerprint density at radius 2 is 1.76 bits per heavy atom. The van der Waals surface area contributed by atoms with E-state index in [1.54, 1.807) is 0 Å². The molecule has 1 aliphatic rings. The van der Waals surface area contributed by atoms with Gasteiger partial charge in [-0.15, -0.1) is 0 Å². The molecule has 1 amide bonds. The van der Waals surface area contributed by atoms with Gasteiger partial charge in [0.15, 0.2) is 0 Å². The van der Waals surface area contributed by atoms with E-state index in [0.29, 0.717) is 18.8 Å². The van der Waals surface area contributed by atoms with Crippen molar-refractivity contribution in [3.63, 3.8) is 0 Å². The summed E-state index contributed by atoms with van der Waals surface area (Å²) in [7, 11) is 3.96. The molecule has 0 atom stereocenters. The third kappa shape index (κ3) is 7.33. The number of carbonyl (C=O) groups excluding carboxylic acids is 1. The monoisotopic (exact) mass is 525 g/mol. The van der Waals surface area contributed by atoms with E-state index in [0.717, 1.165) is 30.8 Å². The zero-order valence-electron chi connectivity index (χ0n) is 22.3. The first-order valence-electron chi connectivity index (χ1n) is 12.3. The molecule has 9 heteroatoms. The number of carbonyl (C=O) groups is 1. The molecule has 8 nitrogen and oxygen atoms in total. The largest absolute Gasteiger partial charge is 0.368 e. The summed E-state index contributed by atoms with van der Waals surface area (Å²) in [5.41, 5.74) is 5.81. The fourth-order valence-corrected chi connectivity index (χ4v) is 4.85. The summed E-state index contributed by atoms with van der Waals surface area (Å²) < 4.78 is 0. The van der Waals surface area contributed by atoms with Crippen LogP contribution in [-0.2, 0) is 0 Å². The number of aryl methyl sites for hydroxylation is 2. The minimum Gasteiger partial charge on any atom is -0.368 e. The Labute approximate surface area is 224 Å². The van der Waals surface area contributed by atoms with E-state index in [9.17, 15) is 14.9 Å². The van der Waals surface area contributed by atoms with Gasteiger partial charge in [0.1, 0.15) is 5.69 Å². The molecule has 0 spiro atoms. The Balaban J connectivity index is 1.73. The lowest BCUT2D eigenvalue weighted by atomic mass is 10.1. The maximum absolute atomic E-state index is 12.8. The highest BCUT2D eigenvalue weighted by Crippen LogP contribution is 2.35. The molecule has 0 unspecified atom stereocenters. The van der Waals surface area contributed by atoms with Crippen LogP contribution in [0.4, 0.5) is 17.1 Å². The molecule has 0 bridgehead atoms.